The first-order valence-electron chi connectivity index (χ1n) is 6.64. The molecule has 21 heavy (non-hydrogen) atoms. The van der Waals surface area contributed by atoms with Crippen LogP contribution in [0.1, 0.15) is 22.8 Å². The van der Waals surface area contributed by atoms with E-state index in [2.05, 4.69) is 0 Å². The van der Waals surface area contributed by atoms with Crippen LogP contribution < -0.4 is 10.6 Å². The van der Waals surface area contributed by atoms with Gasteiger partial charge in [0.25, 0.3) is 5.91 Å². The second kappa shape index (κ2) is 5.24. The number of nitrogens with zero attached hydrogens (tertiary/aromatic N) is 1. The number of amides is 1. The maximum atomic E-state index is 12.8. The average molecular weight is 321 g/mol. The molecule has 3 nitrogen and oxygen atoms in total. The zero-order chi connectivity index (χ0) is 15.1. The van der Waals surface area contributed by atoms with E-state index < -0.39 is 0 Å². The maximum absolute atomic E-state index is 12.8. The van der Waals surface area contributed by atoms with E-state index in [1.165, 1.54) is 0 Å². The smallest absolute Gasteiger partial charge is 0.258 e. The highest BCUT2D eigenvalue weighted by Gasteiger charge is 2.31. The Bertz CT molecular complexity index is 730. The van der Waals surface area contributed by atoms with E-state index in [1.54, 1.807) is 23.1 Å². The monoisotopic (exact) mass is 320 g/mol. The van der Waals surface area contributed by atoms with E-state index in [9.17, 15) is 4.79 Å². The Balaban J connectivity index is 2.00. The first kappa shape index (κ1) is 14.2. The van der Waals surface area contributed by atoms with Crippen LogP contribution in [0.3, 0.4) is 0 Å². The zero-order valence-electron chi connectivity index (χ0n) is 11.4. The summed E-state index contributed by atoms with van der Waals surface area (Å²) < 4.78 is 0. The Morgan fingerprint density at radius 2 is 1.95 bits per heavy atom. The summed E-state index contributed by atoms with van der Waals surface area (Å²) in [7, 11) is 0. The van der Waals surface area contributed by atoms with Gasteiger partial charge in [0, 0.05) is 23.0 Å². The summed E-state index contributed by atoms with van der Waals surface area (Å²) in [6.45, 7) is 2.02. The van der Waals surface area contributed by atoms with Gasteiger partial charge in [0.2, 0.25) is 0 Å². The minimum absolute atomic E-state index is 0.0791. The van der Waals surface area contributed by atoms with Gasteiger partial charge in [-0.2, -0.15) is 0 Å². The second-order valence-electron chi connectivity index (χ2n) is 5.25. The lowest BCUT2D eigenvalue weighted by Gasteiger charge is -2.23. The number of carbonyl (C=O) groups excluding carboxylic acids is 1. The Morgan fingerprint density at radius 3 is 2.67 bits per heavy atom. The third-order valence-electron chi connectivity index (χ3n) is 3.70. The lowest BCUT2D eigenvalue weighted by molar-refractivity contribution is 0.0981. The van der Waals surface area contributed by atoms with Crippen molar-refractivity contribution in [2.45, 2.75) is 19.4 Å². The molecule has 1 heterocycles. The van der Waals surface area contributed by atoms with E-state index >= 15 is 0 Å². The number of rotatable bonds is 1. The van der Waals surface area contributed by atoms with Gasteiger partial charge in [-0.1, -0.05) is 23.2 Å². The molecule has 0 spiro atoms. The van der Waals surface area contributed by atoms with Crippen molar-refractivity contribution in [1.82, 2.24) is 0 Å². The van der Waals surface area contributed by atoms with Crippen molar-refractivity contribution < 1.29 is 4.79 Å². The molecule has 5 heteroatoms. The summed E-state index contributed by atoms with van der Waals surface area (Å²) in [5, 5.41) is 0.822. The number of hydrogen-bond donors (Lipinski definition) is 1. The highest BCUT2D eigenvalue weighted by molar-refractivity contribution is 6.42. The van der Waals surface area contributed by atoms with Crippen molar-refractivity contribution in [3.05, 3.63) is 57.6 Å². The predicted octanol–water partition coefficient (Wildman–Crippen LogP) is 4.17. The van der Waals surface area contributed by atoms with Crippen LogP contribution >= 0.6 is 23.2 Å². The Labute approximate surface area is 133 Å². The van der Waals surface area contributed by atoms with Crippen molar-refractivity contribution in [2.24, 2.45) is 0 Å². The largest absolute Gasteiger partial charge is 0.399 e. The molecule has 2 aromatic carbocycles. The van der Waals surface area contributed by atoms with Gasteiger partial charge in [0.1, 0.15) is 0 Å². The van der Waals surface area contributed by atoms with Crippen LogP contribution in [-0.4, -0.2) is 11.9 Å². The van der Waals surface area contributed by atoms with Gasteiger partial charge in [-0.15, -0.1) is 0 Å². The van der Waals surface area contributed by atoms with E-state index in [1.807, 2.05) is 25.1 Å². The molecule has 0 aromatic heterocycles. The van der Waals surface area contributed by atoms with Crippen LogP contribution in [0.4, 0.5) is 11.4 Å². The summed E-state index contributed by atoms with van der Waals surface area (Å²) in [6, 6.07) is 10.7. The Kier molecular flexibility index (Phi) is 3.56. The molecule has 1 atom stereocenters. The fourth-order valence-corrected chi connectivity index (χ4v) is 3.03. The lowest BCUT2D eigenvalue weighted by atomic mass is 10.1. The molecule has 0 saturated carbocycles. The topological polar surface area (TPSA) is 46.3 Å². The van der Waals surface area contributed by atoms with Gasteiger partial charge in [-0.3, -0.25) is 4.79 Å². The molecule has 108 valence electrons. The SMILES string of the molecule is CC1Cc2cc(N)ccc2N1C(=O)c1ccc(Cl)c(Cl)c1. The van der Waals surface area contributed by atoms with Crippen molar-refractivity contribution in [2.75, 3.05) is 10.6 Å². The summed E-state index contributed by atoms with van der Waals surface area (Å²) in [4.78, 5) is 14.5. The molecular weight excluding hydrogens is 307 g/mol. The quantitative estimate of drug-likeness (QED) is 0.802. The summed E-state index contributed by atoms with van der Waals surface area (Å²) >= 11 is 11.9. The van der Waals surface area contributed by atoms with Gasteiger partial charge in [0.05, 0.1) is 10.0 Å². The number of benzene rings is 2. The van der Waals surface area contributed by atoms with Crippen molar-refractivity contribution in [3.63, 3.8) is 0 Å². The minimum atomic E-state index is -0.0791. The van der Waals surface area contributed by atoms with Gasteiger partial charge >= 0.3 is 0 Å². The average Bonchev–Trinajstić information content (AvgIpc) is 2.76. The normalized spacial score (nSPS) is 16.9. The van der Waals surface area contributed by atoms with Crippen LogP contribution in [0, 0.1) is 0 Å². The molecule has 1 unspecified atom stereocenters. The molecule has 1 amide bonds. The van der Waals surface area contributed by atoms with E-state index in [0.717, 1.165) is 17.7 Å². The molecule has 2 N–H and O–H groups in total. The predicted molar refractivity (Wildman–Crippen MR) is 87.3 cm³/mol. The summed E-state index contributed by atoms with van der Waals surface area (Å²) in [5.74, 6) is -0.0791. The van der Waals surface area contributed by atoms with E-state index in [0.29, 0.717) is 21.3 Å². The zero-order valence-corrected chi connectivity index (χ0v) is 12.9. The van der Waals surface area contributed by atoms with E-state index in [-0.39, 0.29) is 11.9 Å². The van der Waals surface area contributed by atoms with Crippen LogP contribution in [0.25, 0.3) is 0 Å². The highest BCUT2D eigenvalue weighted by atomic mass is 35.5. The molecule has 2 aromatic rings. The van der Waals surface area contributed by atoms with Gasteiger partial charge < -0.3 is 10.6 Å². The number of halogens is 2. The minimum Gasteiger partial charge on any atom is -0.399 e. The van der Waals surface area contributed by atoms with Crippen LogP contribution in [0.2, 0.25) is 10.0 Å². The number of anilines is 2. The molecular formula is C16H14Cl2N2O. The highest BCUT2D eigenvalue weighted by Crippen LogP contribution is 2.35. The number of carbonyl (C=O) groups is 1. The molecule has 0 saturated heterocycles. The van der Waals surface area contributed by atoms with Crippen molar-refractivity contribution in [1.29, 1.82) is 0 Å². The molecule has 1 aliphatic rings. The summed E-state index contributed by atoms with van der Waals surface area (Å²) in [6.07, 6.45) is 0.799. The lowest BCUT2D eigenvalue weighted by Crippen LogP contribution is -2.35. The number of nitrogen functional groups attached to an aromatic ring is 1. The molecule has 3 rings (SSSR count). The third-order valence-corrected chi connectivity index (χ3v) is 4.44. The first-order chi connectivity index (χ1) is 9.97. The Morgan fingerprint density at radius 1 is 1.19 bits per heavy atom. The van der Waals surface area contributed by atoms with Crippen molar-refractivity contribution >= 4 is 40.5 Å². The fourth-order valence-electron chi connectivity index (χ4n) is 2.73. The van der Waals surface area contributed by atoms with Crippen LogP contribution in [0.15, 0.2) is 36.4 Å². The van der Waals surface area contributed by atoms with E-state index in [4.69, 9.17) is 28.9 Å². The third kappa shape index (κ3) is 2.47. The molecule has 0 fully saturated rings. The molecule has 0 aliphatic carbocycles. The molecule has 0 bridgehead atoms. The number of hydrogen-bond acceptors (Lipinski definition) is 2. The first-order valence-corrected chi connectivity index (χ1v) is 7.40. The van der Waals surface area contributed by atoms with Crippen LogP contribution in [0.5, 0.6) is 0 Å². The number of nitrogens with two attached hydrogens (primary N) is 1. The number of fused-ring (bicyclic) bond motifs is 1. The summed E-state index contributed by atoms with van der Waals surface area (Å²) in [5.41, 5.74) is 9.05. The van der Waals surface area contributed by atoms with Gasteiger partial charge in [0.15, 0.2) is 0 Å². The second-order valence-corrected chi connectivity index (χ2v) is 6.06. The van der Waals surface area contributed by atoms with Crippen LogP contribution in [-0.2, 0) is 6.42 Å². The fraction of sp³-hybridized carbons (Fsp3) is 0.188. The standard InChI is InChI=1S/C16H14Cl2N2O/c1-9-6-11-7-12(19)3-5-15(11)20(9)16(21)10-2-4-13(17)14(18)8-10/h2-5,7-9H,6,19H2,1H3. The maximum Gasteiger partial charge on any atom is 0.258 e. The molecule has 1 aliphatic heterocycles. The van der Waals surface area contributed by atoms with Crippen molar-refractivity contribution in [3.8, 4) is 0 Å². The van der Waals surface area contributed by atoms with Gasteiger partial charge in [-0.05, 0) is 55.3 Å². The molecule has 0 radical (unpaired) electrons. The Hall–Kier alpha value is -1.71. The van der Waals surface area contributed by atoms with Gasteiger partial charge in [-0.25, -0.2) is 0 Å².